The highest BCUT2D eigenvalue weighted by Gasteiger charge is 2.16. The van der Waals surface area contributed by atoms with Crippen molar-refractivity contribution in [1.82, 2.24) is 15.0 Å². The fraction of sp³-hybridized carbons (Fsp3) is 0.333. The average molecular weight is 311 g/mol. The molecule has 6 heteroatoms. The van der Waals surface area contributed by atoms with Gasteiger partial charge in [-0.3, -0.25) is 0 Å². The number of halogens is 1. The van der Waals surface area contributed by atoms with Crippen LogP contribution in [0.25, 0.3) is 0 Å². The van der Waals surface area contributed by atoms with E-state index in [1.807, 2.05) is 37.4 Å². The van der Waals surface area contributed by atoms with Crippen LogP contribution in [-0.2, 0) is 7.05 Å². The summed E-state index contributed by atoms with van der Waals surface area (Å²) in [4.78, 5) is 0. The number of benzene rings is 1. The van der Waals surface area contributed by atoms with Gasteiger partial charge in [-0.25, -0.2) is 4.68 Å². The van der Waals surface area contributed by atoms with Crippen LogP contribution in [0.5, 0.6) is 5.75 Å². The molecule has 0 spiro atoms. The van der Waals surface area contributed by atoms with Gasteiger partial charge in [0.2, 0.25) is 0 Å². The third kappa shape index (κ3) is 3.08. The van der Waals surface area contributed by atoms with Crippen LogP contribution in [0.15, 0.2) is 34.9 Å². The van der Waals surface area contributed by atoms with Crippen molar-refractivity contribution in [3.05, 3.63) is 40.6 Å². The van der Waals surface area contributed by atoms with Gasteiger partial charge in [-0.15, -0.1) is 5.10 Å². The fourth-order valence-corrected chi connectivity index (χ4v) is 2.31. The Kier molecular flexibility index (Phi) is 4.33. The molecule has 1 aromatic carbocycles. The first-order valence-corrected chi connectivity index (χ1v) is 6.46. The Bertz CT molecular complexity index is 481. The van der Waals surface area contributed by atoms with E-state index >= 15 is 0 Å². The third-order valence-corrected chi connectivity index (χ3v) is 3.18. The summed E-state index contributed by atoms with van der Waals surface area (Å²) in [7, 11) is 1.82. The Morgan fingerprint density at radius 1 is 1.39 bits per heavy atom. The smallest absolute Gasteiger partial charge is 0.153 e. The number of hydrogen-bond acceptors (Lipinski definition) is 4. The van der Waals surface area contributed by atoms with Crippen molar-refractivity contribution in [2.45, 2.75) is 12.5 Å². The highest BCUT2D eigenvalue weighted by atomic mass is 79.9. The van der Waals surface area contributed by atoms with E-state index in [-0.39, 0.29) is 6.04 Å². The van der Waals surface area contributed by atoms with Crippen molar-refractivity contribution in [2.75, 3.05) is 6.61 Å². The molecule has 0 saturated carbocycles. The summed E-state index contributed by atoms with van der Waals surface area (Å²) < 4.78 is 7.98. The van der Waals surface area contributed by atoms with Crippen LogP contribution in [0.1, 0.15) is 18.2 Å². The molecule has 0 fully saturated rings. The first-order valence-electron chi connectivity index (χ1n) is 5.67. The van der Waals surface area contributed by atoms with E-state index in [4.69, 9.17) is 10.5 Å². The minimum atomic E-state index is -0.150. The Morgan fingerprint density at radius 3 is 2.72 bits per heavy atom. The molecule has 0 aliphatic heterocycles. The number of aromatic nitrogens is 3. The minimum absolute atomic E-state index is 0.150. The highest BCUT2D eigenvalue weighted by molar-refractivity contribution is 9.10. The van der Waals surface area contributed by atoms with Crippen LogP contribution in [0.3, 0.4) is 0 Å². The first-order chi connectivity index (χ1) is 8.68. The molecule has 2 N–H and O–H groups in total. The van der Waals surface area contributed by atoms with Crippen LogP contribution in [-0.4, -0.2) is 21.6 Å². The highest BCUT2D eigenvalue weighted by Crippen LogP contribution is 2.21. The molecule has 18 heavy (non-hydrogen) atoms. The topological polar surface area (TPSA) is 66.0 Å². The molecule has 1 atom stereocenters. The molecule has 2 aromatic rings. The van der Waals surface area contributed by atoms with Crippen LogP contribution in [0.2, 0.25) is 0 Å². The lowest BCUT2D eigenvalue weighted by Crippen LogP contribution is -2.18. The van der Waals surface area contributed by atoms with Gasteiger partial charge in [-0.2, -0.15) is 0 Å². The number of nitrogens with zero attached hydrogens (tertiary/aromatic N) is 3. The molecule has 0 radical (unpaired) electrons. The summed E-state index contributed by atoms with van der Waals surface area (Å²) in [5, 5.41) is 7.81. The number of ether oxygens (including phenoxy) is 1. The zero-order valence-corrected chi connectivity index (χ0v) is 11.7. The molecule has 5 nitrogen and oxygen atoms in total. The molecule has 0 aliphatic carbocycles. The van der Waals surface area contributed by atoms with Crippen molar-refractivity contribution in [1.29, 1.82) is 0 Å². The van der Waals surface area contributed by atoms with Crippen molar-refractivity contribution in [3.8, 4) is 5.75 Å². The van der Waals surface area contributed by atoms with Crippen LogP contribution < -0.4 is 10.5 Å². The van der Waals surface area contributed by atoms with Gasteiger partial charge >= 0.3 is 0 Å². The van der Waals surface area contributed by atoms with E-state index in [9.17, 15) is 0 Å². The largest absolute Gasteiger partial charge is 0.494 e. The zero-order valence-electron chi connectivity index (χ0n) is 10.1. The average Bonchev–Trinajstić information content (AvgIpc) is 2.70. The maximum Gasteiger partial charge on any atom is 0.153 e. The summed E-state index contributed by atoms with van der Waals surface area (Å²) in [6, 6.07) is 9.54. The normalized spacial score (nSPS) is 12.4. The molecule has 1 aromatic heterocycles. The second-order valence-corrected chi connectivity index (χ2v) is 4.70. The van der Waals surface area contributed by atoms with Crippen molar-refractivity contribution in [2.24, 2.45) is 12.8 Å². The second-order valence-electron chi connectivity index (χ2n) is 3.95. The van der Waals surface area contributed by atoms with E-state index < -0.39 is 0 Å². The van der Waals surface area contributed by atoms with Gasteiger partial charge in [0.15, 0.2) is 4.60 Å². The predicted molar refractivity (Wildman–Crippen MR) is 72.2 cm³/mol. The number of aryl methyl sites for hydroxylation is 1. The quantitative estimate of drug-likeness (QED) is 0.918. The molecule has 0 amide bonds. The standard InChI is InChI=1S/C12H15BrN4O/c1-17-11(12(13)15-16-17)10(14)7-8-18-9-5-3-2-4-6-9/h2-6,10H,7-8,14H2,1H3. The Hall–Kier alpha value is -1.40. The number of para-hydroxylation sites is 1. The lowest BCUT2D eigenvalue weighted by atomic mass is 10.2. The molecule has 1 heterocycles. The molecular weight excluding hydrogens is 296 g/mol. The van der Waals surface area contributed by atoms with Gasteiger partial charge in [-0.1, -0.05) is 23.4 Å². The van der Waals surface area contributed by atoms with Gasteiger partial charge in [0, 0.05) is 13.5 Å². The van der Waals surface area contributed by atoms with Crippen LogP contribution >= 0.6 is 15.9 Å². The van der Waals surface area contributed by atoms with Crippen molar-refractivity contribution >= 4 is 15.9 Å². The molecule has 2 rings (SSSR count). The molecule has 0 bridgehead atoms. The zero-order chi connectivity index (χ0) is 13.0. The maximum absolute atomic E-state index is 6.09. The lowest BCUT2D eigenvalue weighted by Gasteiger charge is -2.12. The molecule has 0 aliphatic rings. The summed E-state index contributed by atoms with van der Waals surface area (Å²) in [6.45, 7) is 0.558. The minimum Gasteiger partial charge on any atom is -0.494 e. The summed E-state index contributed by atoms with van der Waals surface area (Å²) >= 11 is 3.34. The Balaban J connectivity index is 1.88. The molecule has 0 saturated heterocycles. The van der Waals surface area contributed by atoms with Gasteiger partial charge in [0.25, 0.3) is 0 Å². The molecule has 96 valence electrons. The SMILES string of the molecule is Cn1nnc(Br)c1C(N)CCOc1ccccc1. The second kappa shape index (κ2) is 5.97. The number of nitrogens with two attached hydrogens (primary N) is 1. The fourth-order valence-electron chi connectivity index (χ4n) is 1.69. The Labute approximate surface area is 114 Å². The van der Waals surface area contributed by atoms with E-state index in [1.54, 1.807) is 4.68 Å². The van der Waals surface area contributed by atoms with Gasteiger partial charge in [0.05, 0.1) is 18.3 Å². The summed E-state index contributed by atoms with van der Waals surface area (Å²) in [5.74, 6) is 0.854. The van der Waals surface area contributed by atoms with Gasteiger partial charge in [-0.05, 0) is 28.1 Å². The van der Waals surface area contributed by atoms with Gasteiger partial charge in [0.1, 0.15) is 5.75 Å². The summed E-state index contributed by atoms with van der Waals surface area (Å²) in [5.41, 5.74) is 6.98. The molecule has 1 unspecified atom stereocenters. The van der Waals surface area contributed by atoms with Gasteiger partial charge < -0.3 is 10.5 Å². The van der Waals surface area contributed by atoms with Crippen molar-refractivity contribution in [3.63, 3.8) is 0 Å². The number of hydrogen-bond donors (Lipinski definition) is 1. The van der Waals surface area contributed by atoms with Crippen LogP contribution in [0, 0.1) is 0 Å². The summed E-state index contributed by atoms with van der Waals surface area (Å²) in [6.07, 6.45) is 0.703. The maximum atomic E-state index is 6.09. The van der Waals surface area contributed by atoms with E-state index in [0.29, 0.717) is 17.6 Å². The lowest BCUT2D eigenvalue weighted by molar-refractivity contribution is 0.296. The predicted octanol–water partition coefficient (Wildman–Crippen LogP) is 2.05. The third-order valence-electron chi connectivity index (χ3n) is 2.62. The van der Waals surface area contributed by atoms with E-state index in [0.717, 1.165) is 11.4 Å². The van der Waals surface area contributed by atoms with Crippen LogP contribution in [0.4, 0.5) is 0 Å². The monoisotopic (exact) mass is 310 g/mol. The van der Waals surface area contributed by atoms with E-state index in [1.165, 1.54) is 0 Å². The number of rotatable bonds is 5. The van der Waals surface area contributed by atoms with E-state index in [2.05, 4.69) is 26.2 Å². The molecular formula is C12H15BrN4O. The Morgan fingerprint density at radius 2 is 2.11 bits per heavy atom. The van der Waals surface area contributed by atoms with Crippen molar-refractivity contribution < 1.29 is 4.74 Å². The first kappa shape index (κ1) is 13.0.